The lowest BCUT2D eigenvalue weighted by Gasteiger charge is -2.13. The number of nitriles is 1. The van der Waals surface area contributed by atoms with E-state index in [9.17, 15) is 10.1 Å². The highest BCUT2D eigenvalue weighted by Gasteiger charge is 2.15. The first-order chi connectivity index (χ1) is 16.9. The molecule has 0 bridgehead atoms. The molecule has 0 saturated carbocycles. The van der Waals surface area contributed by atoms with Crippen molar-refractivity contribution in [3.63, 3.8) is 0 Å². The van der Waals surface area contributed by atoms with Gasteiger partial charge in [-0.05, 0) is 74.9 Å². The Morgan fingerprint density at radius 3 is 2.77 bits per heavy atom. The highest BCUT2D eigenvalue weighted by atomic mass is 127. The maximum Gasteiger partial charge on any atom is 0.307 e. The van der Waals surface area contributed by atoms with Gasteiger partial charge in [0.2, 0.25) is 0 Å². The SMILES string of the molecule is COc1cc(/C=N\NC(=O)c2cc3cc(Br)cc(I)c3o2)c(Br)cc1OCc1ccccc1C#N. The fraction of sp³-hybridized carbons (Fsp3) is 0.0800. The van der Waals surface area contributed by atoms with Crippen molar-refractivity contribution in [1.29, 1.82) is 5.26 Å². The lowest BCUT2D eigenvalue weighted by Crippen LogP contribution is -2.16. The molecule has 0 aliphatic carbocycles. The van der Waals surface area contributed by atoms with Gasteiger partial charge in [-0.1, -0.05) is 34.1 Å². The number of hydrogen-bond donors (Lipinski definition) is 1. The largest absolute Gasteiger partial charge is 0.493 e. The summed E-state index contributed by atoms with van der Waals surface area (Å²) in [6.45, 7) is 0.211. The normalized spacial score (nSPS) is 10.9. The standard InChI is InChI=1S/C25H16Br2IN3O4/c1-33-21-8-17(19(27)10-22(21)34-13-15-5-3-2-4-14(15)11-29)12-30-31-25(32)23-7-16-6-18(26)9-20(28)24(16)35-23/h2-10,12H,13H2,1H3,(H,31,32)/b30-12-. The Kier molecular flexibility index (Phi) is 8.10. The zero-order chi connectivity index (χ0) is 24.9. The molecule has 0 radical (unpaired) electrons. The molecule has 10 heteroatoms. The highest BCUT2D eigenvalue weighted by Crippen LogP contribution is 2.34. The van der Waals surface area contributed by atoms with Crippen molar-refractivity contribution in [2.75, 3.05) is 7.11 Å². The lowest BCUT2D eigenvalue weighted by atomic mass is 10.1. The zero-order valence-corrected chi connectivity index (χ0v) is 23.5. The second kappa shape index (κ2) is 11.2. The first-order valence-corrected chi connectivity index (χ1v) is 12.8. The molecule has 0 atom stereocenters. The summed E-state index contributed by atoms with van der Waals surface area (Å²) in [5, 5.41) is 14.1. The van der Waals surface area contributed by atoms with Crippen LogP contribution >= 0.6 is 54.5 Å². The van der Waals surface area contributed by atoms with Gasteiger partial charge in [-0.15, -0.1) is 0 Å². The molecule has 0 fully saturated rings. The third kappa shape index (κ3) is 5.86. The smallest absolute Gasteiger partial charge is 0.307 e. The van der Waals surface area contributed by atoms with E-state index in [1.165, 1.54) is 13.3 Å². The number of carbonyl (C=O) groups excluding carboxylic acids is 1. The highest BCUT2D eigenvalue weighted by molar-refractivity contribution is 14.1. The summed E-state index contributed by atoms with van der Waals surface area (Å²) >= 11 is 9.10. The molecule has 1 heterocycles. The average Bonchev–Trinajstić information content (AvgIpc) is 3.28. The van der Waals surface area contributed by atoms with E-state index in [2.05, 4.69) is 71.0 Å². The maximum atomic E-state index is 12.5. The van der Waals surface area contributed by atoms with Gasteiger partial charge in [0.1, 0.15) is 12.2 Å². The summed E-state index contributed by atoms with van der Waals surface area (Å²) in [4.78, 5) is 12.5. The van der Waals surface area contributed by atoms with Crippen LogP contribution in [0.1, 0.15) is 27.2 Å². The van der Waals surface area contributed by atoms with Gasteiger partial charge in [-0.25, -0.2) is 5.43 Å². The topological polar surface area (TPSA) is 96.8 Å². The van der Waals surface area contributed by atoms with Crippen molar-refractivity contribution < 1.29 is 18.7 Å². The minimum absolute atomic E-state index is 0.159. The number of nitrogens with zero attached hydrogens (tertiary/aromatic N) is 2. The van der Waals surface area contributed by atoms with E-state index >= 15 is 0 Å². The van der Waals surface area contributed by atoms with E-state index in [4.69, 9.17) is 13.9 Å². The molecule has 0 saturated heterocycles. The van der Waals surface area contributed by atoms with Crippen LogP contribution in [0.3, 0.4) is 0 Å². The Morgan fingerprint density at radius 1 is 1.20 bits per heavy atom. The summed E-state index contributed by atoms with van der Waals surface area (Å²) in [6, 6.07) is 18.3. The first-order valence-electron chi connectivity index (χ1n) is 10.1. The van der Waals surface area contributed by atoms with E-state index in [-0.39, 0.29) is 12.4 Å². The Morgan fingerprint density at radius 2 is 2.00 bits per heavy atom. The maximum absolute atomic E-state index is 12.5. The van der Waals surface area contributed by atoms with Crippen LogP contribution in [-0.2, 0) is 6.61 Å². The molecule has 176 valence electrons. The van der Waals surface area contributed by atoms with E-state index in [1.807, 2.05) is 24.3 Å². The summed E-state index contributed by atoms with van der Waals surface area (Å²) in [5.41, 5.74) is 5.11. The van der Waals surface area contributed by atoms with Gasteiger partial charge in [0.15, 0.2) is 17.3 Å². The van der Waals surface area contributed by atoms with E-state index in [0.717, 1.165) is 19.0 Å². The number of fused-ring (bicyclic) bond motifs is 1. The molecule has 35 heavy (non-hydrogen) atoms. The quantitative estimate of drug-likeness (QED) is 0.130. The fourth-order valence-electron chi connectivity index (χ4n) is 3.24. The van der Waals surface area contributed by atoms with Gasteiger partial charge in [0, 0.05) is 25.5 Å². The minimum Gasteiger partial charge on any atom is -0.493 e. The monoisotopic (exact) mass is 707 g/mol. The third-order valence-corrected chi connectivity index (χ3v) is 6.88. The van der Waals surface area contributed by atoms with Crippen LogP contribution in [0.25, 0.3) is 11.0 Å². The van der Waals surface area contributed by atoms with Crippen LogP contribution in [0.2, 0.25) is 0 Å². The van der Waals surface area contributed by atoms with Gasteiger partial charge in [0.05, 0.1) is 28.5 Å². The number of amides is 1. The number of methoxy groups -OCH3 is 1. The number of furan rings is 1. The van der Waals surface area contributed by atoms with Crippen molar-refractivity contribution in [2.24, 2.45) is 5.10 Å². The van der Waals surface area contributed by atoms with Gasteiger partial charge in [0.25, 0.3) is 0 Å². The van der Waals surface area contributed by atoms with E-state index in [1.54, 1.807) is 30.3 Å². The van der Waals surface area contributed by atoms with Crippen molar-refractivity contribution in [3.05, 3.63) is 89.6 Å². The predicted molar refractivity (Wildman–Crippen MR) is 148 cm³/mol. The van der Waals surface area contributed by atoms with E-state index < -0.39 is 5.91 Å². The third-order valence-electron chi connectivity index (χ3n) is 4.93. The van der Waals surface area contributed by atoms with Crippen LogP contribution in [0, 0.1) is 14.9 Å². The van der Waals surface area contributed by atoms with Gasteiger partial charge < -0.3 is 13.9 Å². The first kappa shape index (κ1) is 25.2. The molecule has 1 amide bonds. The molecule has 0 aliphatic rings. The molecule has 4 aromatic rings. The summed E-state index contributed by atoms with van der Waals surface area (Å²) < 4.78 is 19.5. The number of carbonyl (C=O) groups is 1. The minimum atomic E-state index is -0.469. The Bertz CT molecular complexity index is 1490. The fourth-order valence-corrected chi connectivity index (χ4v) is 5.32. The summed E-state index contributed by atoms with van der Waals surface area (Å²) in [5.74, 6) is 0.666. The number of ether oxygens (including phenoxy) is 2. The number of hydrazone groups is 1. The zero-order valence-electron chi connectivity index (χ0n) is 18.1. The van der Waals surface area contributed by atoms with Gasteiger partial charge in [-0.3, -0.25) is 4.79 Å². The number of hydrogen-bond acceptors (Lipinski definition) is 6. The Labute approximate surface area is 231 Å². The molecule has 0 spiro atoms. The van der Waals surface area contributed by atoms with Crippen LogP contribution in [0.5, 0.6) is 11.5 Å². The van der Waals surface area contributed by atoms with Crippen LogP contribution in [0.4, 0.5) is 0 Å². The van der Waals surface area contributed by atoms with Crippen molar-refractivity contribution in [2.45, 2.75) is 6.61 Å². The van der Waals surface area contributed by atoms with Crippen molar-refractivity contribution >= 4 is 77.5 Å². The Balaban J connectivity index is 1.47. The Hall–Kier alpha value is -2.88. The lowest BCUT2D eigenvalue weighted by molar-refractivity contribution is 0.0929. The molecule has 0 unspecified atom stereocenters. The molecular weight excluding hydrogens is 693 g/mol. The molecule has 1 N–H and O–H groups in total. The molecule has 0 aliphatic heterocycles. The molecule has 3 aromatic carbocycles. The predicted octanol–water partition coefficient (Wildman–Crippen LogP) is 6.79. The number of benzene rings is 3. The van der Waals surface area contributed by atoms with Crippen LogP contribution < -0.4 is 14.9 Å². The molecule has 4 rings (SSSR count). The summed E-state index contributed by atoms with van der Waals surface area (Å²) in [6.07, 6.45) is 1.49. The molecule has 7 nitrogen and oxygen atoms in total. The number of halogens is 3. The van der Waals surface area contributed by atoms with Crippen molar-refractivity contribution in [1.82, 2.24) is 5.43 Å². The second-order valence-electron chi connectivity index (χ2n) is 7.20. The molecule has 1 aromatic heterocycles. The van der Waals surface area contributed by atoms with Gasteiger partial charge in [-0.2, -0.15) is 10.4 Å². The second-order valence-corrected chi connectivity index (χ2v) is 10.1. The number of rotatable bonds is 7. The number of nitrogens with one attached hydrogen (secondary N) is 1. The van der Waals surface area contributed by atoms with Crippen LogP contribution in [-0.4, -0.2) is 19.2 Å². The van der Waals surface area contributed by atoms with Gasteiger partial charge >= 0.3 is 5.91 Å². The van der Waals surface area contributed by atoms with E-state index in [0.29, 0.717) is 32.7 Å². The van der Waals surface area contributed by atoms with Crippen molar-refractivity contribution in [3.8, 4) is 17.6 Å². The average molecular weight is 709 g/mol. The summed E-state index contributed by atoms with van der Waals surface area (Å²) in [7, 11) is 1.53. The van der Waals surface area contributed by atoms with Crippen LogP contribution in [0.15, 0.2) is 73.1 Å². The molecular formula is C25H16Br2IN3O4.